The lowest BCUT2D eigenvalue weighted by Gasteiger charge is -2.25. The molecule has 0 aromatic heterocycles. The molecule has 2 aromatic rings. The first-order chi connectivity index (χ1) is 9.60. The van der Waals surface area contributed by atoms with E-state index in [1.54, 1.807) is 0 Å². The number of hydrogen-bond donors (Lipinski definition) is 1. The zero-order chi connectivity index (χ0) is 14.5. The van der Waals surface area contributed by atoms with Crippen LogP contribution in [-0.2, 0) is 0 Å². The fraction of sp³-hybridized carbons (Fsp3) is 0.250. The van der Waals surface area contributed by atoms with Crippen molar-refractivity contribution in [3.63, 3.8) is 0 Å². The molecular formula is C16H17Cl2NO. The van der Waals surface area contributed by atoms with E-state index in [-0.39, 0.29) is 12.1 Å². The van der Waals surface area contributed by atoms with Crippen LogP contribution in [0.4, 0.5) is 0 Å². The topological polar surface area (TPSA) is 21.3 Å². The van der Waals surface area contributed by atoms with Crippen molar-refractivity contribution in [1.29, 1.82) is 0 Å². The van der Waals surface area contributed by atoms with Crippen molar-refractivity contribution in [2.24, 2.45) is 0 Å². The van der Waals surface area contributed by atoms with Gasteiger partial charge in [0.1, 0.15) is 11.9 Å². The van der Waals surface area contributed by atoms with Gasteiger partial charge in [0.15, 0.2) is 0 Å². The van der Waals surface area contributed by atoms with Gasteiger partial charge in [-0.2, -0.15) is 0 Å². The number of benzene rings is 2. The summed E-state index contributed by atoms with van der Waals surface area (Å²) in [5.41, 5.74) is 1.09. The maximum atomic E-state index is 6.05. The van der Waals surface area contributed by atoms with E-state index >= 15 is 0 Å². The molecule has 0 aliphatic heterocycles. The van der Waals surface area contributed by atoms with E-state index in [1.807, 2.05) is 62.5 Å². The Morgan fingerprint density at radius 2 is 1.65 bits per heavy atom. The summed E-state index contributed by atoms with van der Waals surface area (Å²) in [6, 6.07) is 15.2. The Labute approximate surface area is 129 Å². The molecule has 20 heavy (non-hydrogen) atoms. The summed E-state index contributed by atoms with van der Waals surface area (Å²) in [6.07, 6.45) is -0.0584. The SMILES string of the molecule is CNC(c1cccc(Cl)c1)C(C)Oc1cccc(Cl)c1. The van der Waals surface area contributed by atoms with Gasteiger partial charge in [0.25, 0.3) is 0 Å². The Kier molecular flexibility index (Phi) is 5.30. The highest BCUT2D eigenvalue weighted by molar-refractivity contribution is 6.30. The quantitative estimate of drug-likeness (QED) is 0.862. The molecular weight excluding hydrogens is 293 g/mol. The van der Waals surface area contributed by atoms with Crippen LogP contribution in [0.15, 0.2) is 48.5 Å². The highest BCUT2D eigenvalue weighted by Gasteiger charge is 2.19. The lowest BCUT2D eigenvalue weighted by Crippen LogP contribution is -2.31. The second kappa shape index (κ2) is 6.98. The molecule has 106 valence electrons. The summed E-state index contributed by atoms with van der Waals surface area (Å²) in [6.45, 7) is 2.02. The van der Waals surface area contributed by atoms with E-state index in [4.69, 9.17) is 27.9 Å². The number of nitrogens with one attached hydrogen (secondary N) is 1. The third-order valence-corrected chi connectivity index (χ3v) is 3.58. The van der Waals surface area contributed by atoms with Gasteiger partial charge in [0.2, 0.25) is 0 Å². The van der Waals surface area contributed by atoms with Crippen molar-refractivity contribution in [1.82, 2.24) is 5.32 Å². The van der Waals surface area contributed by atoms with Crippen LogP contribution in [0.3, 0.4) is 0 Å². The molecule has 0 aliphatic rings. The maximum Gasteiger partial charge on any atom is 0.121 e. The molecule has 1 N–H and O–H groups in total. The zero-order valence-electron chi connectivity index (χ0n) is 11.4. The Hall–Kier alpha value is -1.22. The maximum absolute atomic E-state index is 6.05. The monoisotopic (exact) mass is 309 g/mol. The Balaban J connectivity index is 2.15. The molecule has 2 unspecified atom stereocenters. The van der Waals surface area contributed by atoms with Crippen molar-refractivity contribution in [2.45, 2.75) is 19.1 Å². The van der Waals surface area contributed by atoms with Crippen LogP contribution in [0.5, 0.6) is 5.75 Å². The third-order valence-electron chi connectivity index (χ3n) is 3.11. The zero-order valence-corrected chi connectivity index (χ0v) is 12.9. The molecule has 0 bridgehead atoms. The fourth-order valence-corrected chi connectivity index (χ4v) is 2.57. The Bertz CT molecular complexity index is 574. The van der Waals surface area contributed by atoms with Gasteiger partial charge in [-0.15, -0.1) is 0 Å². The van der Waals surface area contributed by atoms with Gasteiger partial charge >= 0.3 is 0 Å². The second-order valence-corrected chi connectivity index (χ2v) is 5.47. The van der Waals surface area contributed by atoms with E-state index in [0.29, 0.717) is 5.02 Å². The molecule has 2 aromatic carbocycles. The summed E-state index contributed by atoms with van der Waals surface area (Å²) >= 11 is 12.0. The van der Waals surface area contributed by atoms with Gasteiger partial charge < -0.3 is 10.1 Å². The number of hydrogen-bond acceptors (Lipinski definition) is 2. The minimum Gasteiger partial charge on any atom is -0.489 e. The van der Waals surface area contributed by atoms with Crippen molar-refractivity contribution >= 4 is 23.2 Å². The fourth-order valence-electron chi connectivity index (χ4n) is 2.20. The van der Waals surface area contributed by atoms with E-state index in [1.165, 1.54) is 0 Å². The molecule has 2 atom stereocenters. The van der Waals surface area contributed by atoms with Crippen LogP contribution >= 0.6 is 23.2 Å². The van der Waals surface area contributed by atoms with E-state index in [9.17, 15) is 0 Å². The van der Waals surface area contributed by atoms with Crippen LogP contribution < -0.4 is 10.1 Å². The smallest absolute Gasteiger partial charge is 0.121 e. The van der Waals surface area contributed by atoms with Crippen molar-refractivity contribution in [3.05, 3.63) is 64.1 Å². The van der Waals surface area contributed by atoms with Crippen molar-refractivity contribution in [3.8, 4) is 5.75 Å². The first-order valence-corrected chi connectivity index (χ1v) is 7.20. The molecule has 0 heterocycles. The van der Waals surface area contributed by atoms with Gasteiger partial charge in [-0.1, -0.05) is 41.4 Å². The largest absolute Gasteiger partial charge is 0.489 e. The lowest BCUT2D eigenvalue weighted by molar-refractivity contribution is 0.175. The normalized spacial score (nSPS) is 13.8. The second-order valence-electron chi connectivity index (χ2n) is 4.60. The highest BCUT2D eigenvalue weighted by Crippen LogP contribution is 2.25. The predicted octanol–water partition coefficient (Wildman–Crippen LogP) is 4.72. The van der Waals surface area contributed by atoms with Crippen LogP contribution in [0.25, 0.3) is 0 Å². The molecule has 0 amide bonds. The first-order valence-electron chi connectivity index (χ1n) is 6.45. The van der Waals surface area contributed by atoms with E-state index in [2.05, 4.69) is 5.32 Å². The summed E-state index contributed by atoms with van der Waals surface area (Å²) in [4.78, 5) is 0. The first kappa shape index (κ1) is 15.2. The average molecular weight is 310 g/mol. The molecule has 0 aliphatic carbocycles. The number of likely N-dealkylation sites (N-methyl/N-ethyl adjacent to an activating group) is 1. The highest BCUT2D eigenvalue weighted by atomic mass is 35.5. The van der Waals surface area contributed by atoms with Crippen LogP contribution in [0, 0.1) is 0 Å². The molecule has 0 saturated carbocycles. The number of halogens is 2. The third kappa shape index (κ3) is 3.89. The summed E-state index contributed by atoms with van der Waals surface area (Å²) in [5.74, 6) is 0.757. The molecule has 0 spiro atoms. The molecule has 0 saturated heterocycles. The van der Waals surface area contributed by atoms with Crippen molar-refractivity contribution in [2.75, 3.05) is 7.05 Å². The summed E-state index contributed by atoms with van der Waals surface area (Å²) in [5, 5.41) is 4.65. The Morgan fingerprint density at radius 3 is 2.25 bits per heavy atom. The average Bonchev–Trinajstić information content (AvgIpc) is 2.39. The minimum absolute atomic E-state index is 0.0488. The number of rotatable bonds is 5. The van der Waals surface area contributed by atoms with Gasteiger partial charge in [-0.05, 0) is 49.9 Å². The van der Waals surface area contributed by atoms with Gasteiger partial charge in [0.05, 0.1) is 6.04 Å². The van der Waals surface area contributed by atoms with Gasteiger partial charge in [0, 0.05) is 10.0 Å². The summed E-state index contributed by atoms with van der Waals surface area (Å²) < 4.78 is 5.95. The Morgan fingerprint density at radius 1 is 1.00 bits per heavy atom. The molecule has 2 rings (SSSR count). The lowest BCUT2D eigenvalue weighted by atomic mass is 10.0. The van der Waals surface area contributed by atoms with Gasteiger partial charge in [-0.3, -0.25) is 0 Å². The minimum atomic E-state index is -0.0584. The molecule has 4 heteroatoms. The van der Waals surface area contributed by atoms with Crippen molar-refractivity contribution < 1.29 is 4.74 Å². The van der Waals surface area contributed by atoms with Crippen LogP contribution in [-0.4, -0.2) is 13.2 Å². The predicted molar refractivity (Wildman–Crippen MR) is 84.8 cm³/mol. The molecule has 2 nitrogen and oxygen atoms in total. The molecule has 0 radical (unpaired) electrons. The van der Waals surface area contributed by atoms with Crippen LogP contribution in [0.2, 0.25) is 10.0 Å². The van der Waals surface area contributed by atoms with Crippen LogP contribution in [0.1, 0.15) is 18.5 Å². The van der Waals surface area contributed by atoms with E-state index < -0.39 is 0 Å². The molecule has 0 fully saturated rings. The number of ether oxygens (including phenoxy) is 1. The van der Waals surface area contributed by atoms with E-state index in [0.717, 1.165) is 16.3 Å². The van der Waals surface area contributed by atoms with Gasteiger partial charge in [-0.25, -0.2) is 0 Å². The summed E-state index contributed by atoms with van der Waals surface area (Å²) in [7, 11) is 1.91. The standard InChI is InChI=1S/C16H17Cl2NO/c1-11(20-15-8-4-7-14(18)10-15)16(19-2)12-5-3-6-13(17)9-12/h3-11,16,19H,1-2H3.